The average Bonchev–Trinajstić information content (AvgIpc) is 2.34. The molecule has 0 radical (unpaired) electrons. The summed E-state index contributed by atoms with van der Waals surface area (Å²) in [5.74, 6) is 0. The van der Waals surface area contributed by atoms with Crippen LogP contribution in [0.5, 0.6) is 0 Å². The predicted molar refractivity (Wildman–Crippen MR) is 67.4 cm³/mol. The molecule has 0 N–H and O–H groups in total. The normalized spacial score (nSPS) is 10.8. The number of hydrogen-bond acceptors (Lipinski definition) is 2. The molecule has 0 atom stereocenters. The molecule has 1 aromatic carbocycles. The van der Waals surface area contributed by atoms with Gasteiger partial charge >= 0.3 is 0 Å². The number of rotatable bonds is 5. The Morgan fingerprint density at radius 1 is 1.00 bits per heavy atom. The van der Waals surface area contributed by atoms with Crippen molar-refractivity contribution in [1.29, 1.82) is 0 Å². The van der Waals surface area contributed by atoms with E-state index in [0.717, 1.165) is 23.1 Å². The molecule has 0 saturated carbocycles. The third kappa shape index (κ3) is 2.78. The molecule has 0 aliphatic carbocycles. The number of fused-ring (bicyclic) bond motifs is 1. The summed E-state index contributed by atoms with van der Waals surface area (Å²) in [4.78, 5) is 9.03. The molecule has 0 spiro atoms. The summed E-state index contributed by atoms with van der Waals surface area (Å²) in [6, 6.07) is 8.04. The van der Waals surface area contributed by atoms with Crippen LogP contribution in [0.3, 0.4) is 0 Å². The summed E-state index contributed by atoms with van der Waals surface area (Å²) in [7, 11) is 0. The number of benzene rings is 1. The minimum Gasteiger partial charge on any atom is -0.253 e. The maximum Gasteiger partial charge on any atom is 0.0890 e. The summed E-state index contributed by atoms with van der Waals surface area (Å²) >= 11 is 0. The van der Waals surface area contributed by atoms with Gasteiger partial charge in [0.1, 0.15) is 0 Å². The van der Waals surface area contributed by atoms with Gasteiger partial charge in [-0.2, -0.15) is 0 Å². The van der Waals surface area contributed by atoms with Crippen molar-refractivity contribution in [1.82, 2.24) is 9.97 Å². The van der Waals surface area contributed by atoms with Gasteiger partial charge in [0.2, 0.25) is 0 Å². The van der Waals surface area contributed by atoms with Crippen molar-refractivity contribution in [3.8, 4) is 0 Å². The zero-order valence-corrected chi connectivity index (χ0v) is 9.82. The molecule has 2 aromatic rings. The molecule has 0 bridgehead atoms. The second-order valence-electron chi connectivity index (χ2n) is 4.16. The Morgan fingerprint density at radius 3 is 2.62 bits per heavy atom. The van der Waals surface area contributed by atoms with Gasteiger partial charge in [-0.3, -0.25) is 4.98 Å². The summed E-state index contributed by atoms with van der Waals surface area (Å²) in [5.41, 5.74) is 3.12. The van der Waals surface area contributed by atoms with Crippen LogP contribution in [0.1, 0.15) is 38.3 Å². The van der Waals surface area contributed by atoms with Crippen LogP contribution in [0, 0.1) is 0 Å². The monoisotopic (exact) mass is 214 g/mol. The second-order valence-corrected chi connectivity index (χ2v) is 4.16. The van der Waals surface area contributed by atoms with Crippen LogP contribution in [0.25, 0.3) is 11.0 Å². The Bertz CT molecular complexity index is 451. The van der Waals surface area contributed by atoms with Gasteiger partial charge in [-0.25, -0.2) is 4.98 Å². The minimum atomic E-state index is 0.986. The lowest BCUT2D eigenvalue weighted by Crippen LogP contribution is -1.93. The van der Waals surface area contributed by atoms with Gasteiger partial charge in [0.05, 0.1) is 16.7 Å². The van der Waals surface area contributed by atoms with Gasteiger partial charge in [-0.1, -0.05) is 38.3 Å². The highest BCUT2D eigenvalue weighted by Gasteiger charge is 1.98. The molecule has 2 rings (SSSR count). The van der Waals surface area contributed by atoms with Crippen LogP contribution >= 0.6 is 0 Å². The van der Waals surface area contributed by atoms with E-state index in [1.54, 1.807) is 0 Å². The number of aryl methyl sites for hydroxylation is 1. The van der Waals surface area contributed by atoms with E-state index in [2.05, 4.69) is 16.9 Å². The van der Waals surface area contributed by atoms with Crippen molar-refractivity contribution in [2.75, 3.05) is 0 Å². The predicted octanol–water partition coefficient (Wildman–Crippen LogP) is 3.75. The Kier molecular flexibility index (Phi) is 3.86. The Hall–Kier alpha value is -1.44. The summed E-state index contributed by atoms with van der Waals surface area (Å²) < 4.78 is 0. The Balaban J connectivity index is 2.02. The lowest BCUT2D eigenvalue weighted by atomic mass is 10.1. The molecular formula is C14H18N2. The first-order valence-electron chi connectivity index (χ1n) is 6.11. The van der Waals surface area contributed by atoms with Crippen LogP contribution < -0.4 is 0 Å². The van der Waals surface area contributed by atoms with Crippen molar-refractivity contribution in [3.05, 3.63) is 36.2 Å². The van der Waals surface area contributed by atoms with Crippen LogP contribution in [-0.2, 0) is 6.42 Å². The molecule has 1 aromatic heterocycles. The topological polar surface area (TPSA) is 25.8 Å². The minimum absolute atomic E-state index is 0.986. The van der Waals surface area contributed by atoms with Crippen molar-refractivity contribution in [2.24, 2.45) is 0 Å². The third-order valence-corrected chi connectivity index (χ3v) is 2.78. The molecule has 0 saturated heterocycles. The lowest BCUT2D eigenvalue weighted by molar-refractivity contribution is 0.660. The number of para-hydroxylation sites is 2. The molecule has 0 aliphatic heterocycles. The van der Waals surface area contributed by atoms with Gasteiger partial charge < -0.3 is 0 Å². The van der Waals surface area contributed by atoms with E-state index in [1.165, 1.54) is 25.7 Å². The van der Waals surface area contributed by atoms with E-state index in [1.807, 2.05) is 30.5 Å². The van der Waals surface area contributed by atoms with E-state index in [4.69, 9.17) is 0 Å². The van der Waals surface area contributed by atoms with Gasteiger partial charge in [0.25, 0.3) is 0 Å². The number of hydrogen-bond donors (Lipinski definition) is 0. The third-order valence-electron chi connectivity index (χ3n) is 2.78. The van der Waals surface area contributed by atoms with Crippen LogP contribution in [0.4, 0.5) is 0 Å². The molecule has 0 amide bonds. The molecular weight excluding hydrogens is 196 g/mol. The summed E-state index contributed by atoms with van der Waals surface area (Å²) in [5, 5.41) is 0. The fraction of sp³-hybridized carbons (Fsp3) is 0.429. The quantitative estimate of drug-likeness (QED) is 0.708. The number of unbranched alkanes of at least 4 members (excludes halogenated alkanes) is 3. The van der Waals surface area contributed by atoms with Crippen LogP contribution in [-0.4, -0.2) is 9.97 Å². The maximum absolute atomic E-state index is 4.61. The van der Waals surface area contributed by atoms with E-state index < -0.39 is 0 Å². The summed E-state index contributed by atoms with van der Waals surface area (Å²) in [6.07, 6.45) is 8.09. The largest absolute Gasteiger partial charge is 0.253 e. The molecule has 0 aliphatic rings. The van der Waals surface area contributed by atoms with E-state index in [9.17, 15) is 0 Å². The fourth-order valence-electron chi connectivity index (χ4n) is 1.85. The summed E-state index contributed by atoms with van der Waals surface area (Å²) in [6.45, 7) is 2.23. The molecule has 0 unspecified atom stereocenters. The Labute approximate surface area is 96.7 Å². The molecule has 0 fully saturated rings. The standard InChI is InChI=1S/C14H18N2/c1-2-3-4-5-8-12-11-15-13-9-6-7-10-14(13)16-12/h6-7,9-11H,2-5,8H2,1H3. The highest BCUT2D eigenvalue weighted by atomic mass is 14.8. The SMILES string of the molecule is CCCCCCc1cnc2ccccc2n1. The van der Waals surface area contributed by atoms with E-state index >= 15 is 0 Å². The van der Waals surface area contributed by atoms with E-state index in [0.29, 0.717) is 0 Å². The Morgan fingerprint density at radius 2 is 1.81 bits per heavy atom. The smallest absolute Gasteiger partial charge is 0.0890 e. The van der Waals surface area contributed by atoms with Crippen molar-refractivity contribution < 1.29 is 0 Å². The van der Waals surface area contributed by atoms with Gasteiger partial charge in [0.15, 0.2) is 0 Å². The van der Waals surface area contributed by atoms with Crippen LogP contribution in [0.15, 0.2) is 30.5 Å². The molecule has 1 heterocycles. The van der Waals surface area contributed by atoms with Crippen LogP contribution in [0.2, 0.25) is 0 Å². The molecule has 16 heavy (non-hydrogen) atoms. The first-order valence-corrected chi connectivity index (χ1v) is 6.11. The zero-order valence-electron chi connectivity index (χ0n) is 9.82. The molecule has 84 valence electrons. The number of nitrogens with zero attached hydrogens (tertiary/aromatic N) is 2. The van der Waals surface area contributed by atoms with Gasteiger partial charge in [-0.15, -0.1) is 0 Å². The highest BCUT2D eigenvalue weighted by Crippen LogP contribution is 2.10. The zero-order chi connectivity index (χ0) is 11.2. The van der Waals surface area contributed by atoms with Gasteiger partial charge in [0, 0.05) is 6.20 Å². The number of aromatic nitrogens is 2. The first kappa shape index (κ1) is 11.1. The fourth-order valence-corrected chi connectivity index (χ4v) is 1.85. The first-order chi connectivity index (χ1) is 7.90. The van der Waals surface area contributed by atoms with E-state index in [-0.39, 0.29) is 0 Å². The maximum atomic E-state index is 4.61. The van der Waals surface area contributed by atoms with Crippen molar-refractivity contribution in [2.45, 2.75) is 39.0 Å². The van der Waals surface area contributed by atoms with Crippen molar-refractivity contribution in [3.63, 3.8) is 0 Å². The van der Waals surface area contributed by atoms with Crippen molar-refractivity contribution >= 4 is 11.0 Å². The molecule has 2 heteroatoms. The second kappa shape index (κ2) is 5.59. The average molecular weight is 214 g/mol. The van der Waals surface area contributed by atoms with Gasteiger partial charge in [-0.05, 0) is 25.0 Å². The molecule has 2 nitrogen and oxygen atoms in total. The highest BCUT2D eigenvalue weighted by molar-refractivity contribution is 5.73. The lowest BCUT2D eigenvalue weighted by Gasteiger charge is -2.01.